The third-order valence-electron chi connectivity index (χ3n) is 5.16. The average Bonchev–Trinajstić information content (AvgIpc) is 2.93. The van der Waals surface area contributed by atoms with E-state index in [0.29, 0.717) is 12.1 Å². The van der Waals surface area contributed by atoms with Gasteiger partial charge in [0.2, 0.25) is 0 Å². The predicted octanol–water partition coefficient (Wildman–Crippen LogP) is 5.04. The first-order valence-corrected chi connectivity index (χ1v) is 10.1. The first-order chi connectivity index (χ1) is 12.7. The molecule has 1 fully saturated rings. The molecule has 0 saturated carbocycles. The fourth-order valence-electron chi connectivity index (χ4n) is 3.46. The zero-order valence-electron chi connectivity index (χ0n) is 16.3. The summed E-state index contributed by atoms with van der Waals surface area (Å²) in [7, 11) is 0. The molecule has 0 aromatic heterocycles. The summed E-state index contributed by atoms with van der Waals surface area (Å²) in [6.45, 7) is 8.59. The Labute approximate surface area is 166 Å². The van der Waals surface area contributed by atoms with Crippen molar-refractivity contribution in [3.63, 3.8) is 0 Å². The maximum atomic E-state index is 13.3. The molecule has 1 N–H and O–H groups in total. The monoisotopic (exact) mass is 381 g/mol. The molecule has 2 atom stereocenters. The van der Waals surface area contributed by atoms with Crippen molar-refractivity contribution in [3.05, 3.63) is 77.2 Å². The van der Waals surface area contributed by atoms with E-state index in [2.05, 4.69) is 0 Å². The first-order valence-electron chi connectivity index (χ1n) is 9.21. The van der Waals surface area contributed by atoms with Gasteiger partial charge in [0.05, 0.1) is 6.10 Å². The van der Waals surface area contributed by atoms with Gasteiger partial charge in [-0.2, -0.15) is 0 Å². The summed E-state index contributed by atoms with van der Waals surface area (Å²) in [5, 5.41) is 13.1. The van der Waals surface area contributed by atoms with Crippen LogP contribution in [0.3, 0.4) is 0 Å². The molecule has 0 radical (unpaired) electrons. The minimum absolute atomic E-state index is 0.00316. The third kappa shape index (κ3) is 3.97. The number of rotatable bonds is 4. The van der Waals surface area contributed by atoms with E-state index >= 15 is 0 Å². The molecule has 1 aliphatic heterocycles. The molecule has 27 heavy (non-hydrogen) atoms. The van der Waals surface area contributed by atoms with Gasteiger partial charge in [0.1, 0.15) is 0 Å². The Morgan fingerprint density at radius 3 is 2.19 bits per heavy atom. The summed E-state index contributed by atoms with van der Waals surface area (Å²) in [5.41, 5.74) is 0.525. The van der Waals surface area contributed by atoms with Crippen molar-refractivity contribution < 1.29 is 9.90 Å². The lowest BCUT2D eigenvalue weighted by atomic mass is 9.77. The van der Waals surface area contributed by atoms with Gasteiger partial charge in [-0.15, -0.1) is 0 Å². The number of likely N-dealkylation sites (tertiary alicyclic amines) is 1. The van der Waals surface area contributed by atoms with Crippen LogP contribution in [0.4, 0.5) is 0 Å². The maximum Gasteiger partial charge on any atom is 0.251 e. The van der Waals surface area contributed by atoms with Crippen LogP contribution >= 0.6 is 11.8 Å². The van der Waals surface area contributed by atoms with E-state index in [9.17, 15) is 9.90 Å². The van der Waals surface area contributed by atoms with Gasteiger partial charge >= 0.3 is 0 Å². The highest BCUT2D eigenvalue weighted by molar-refractivity contribution is 8.02. The molecule has 3 rings (SSSR count). The number of amides is 1. The summed E-state index contributed by atoms with van der Waals surface area (Å²) < 4.78 is 0. The van der Waals surface area contributed by atoms with Gasteiger partial charge in [-0.05, 0) is 43.9 Å². The summed E-state index contributed by atoms with van der Waals surface area (Å²) >= 11 is 1.53. The number of aliphatic hydroxyl groups is 1. The van der Waals surface area contributed by atoms with E-state index in [1.165, 1.54) is 11.8 Å². The molecule has 2 aromatic carbocycles. The van der Waals surface area contributed by atoms with Gasteiger partial charge in [-0.25, -0.2) is 0 Å². The Balaban J connectivity index is 2.01. The molecule has 0 bridgehead atoms. The van der Waals surface area contributed by atoms with E-state index in [-0.39, 0.29) is 11.4 Å². The Morgan fingerprint density at radius 2 is 1.63 bits per heavy atom. The molecular formula is C23H27NO2S. The van der Waals surface area contributed by atoms with Crippen LogP contribution in [0.25, 0.3) is 0 Å². The number of hydrogen-bond acceptors (Lipinski definition) is 3. The lowest BCUT2D eigenvalue weighted by molar-refractivity contribution is -0.128. The van der Waals surface area contributed by atoms with Gasteiger partial charge in [0.25, 0.3) is 5.91 Å². The molecule has 142 valence electrons. The molecular weight excluding hydrogens is 354 g/mol. The van der Waals surface area contributed by atoms with E-state index in [4.69, 9.17) is 0 Å². The van der Waals surface area contributed by atoms with Crippen LogP contribution in [-0.2, 0) is 4.79 Å². The summed E-state index contributed by atoms with van der Waals surface area (Å²) in [6, 6.07) is 19.6. The molecule has 2 unspecified atom stereocenters. The molecule has 1 amide bonds. The molecule has 4 heteroatoms. The van der Waals surface area contributed by atoms with Crippen LogP contribution in [0.2, 0.25) is 0 Å². The topological polar surface area (TPSA) is 40.5 Å². The standard InChI is InChI=1S/C23H27NO2S/c1-22(2,3)24-16-23(4,20(25)17-11-7-5-8-12-17)19(21(24)26)15-27-18-13-9-6-10-14-18/h5-15,20,25H,16H2,1-4H3/b19-15+. The number of carbonyl (C=O) groups excluding carboxylic acids is 1. The summed E-state index contributed by atoms with van der Waals surface area (Å²) in [5.74, 6) is 0.00316. The lowest BCUT2D eigenvalue weighted by Gasteiger charge is -2.35. The average molecular weight is 382 g/mol. The van der Waals surface area contributed by atoms with Crippen LogP contribution < -0.4 is 0 Å². The second-order valence-corrected chi connectivity index (χ2v) is 9.20. The minimum Gasteiger partial charge on any atom is -0.387 e. The Kier molecular flexibility index (Phi) is 5.50. The van der Waals surface area contributed by atoms with Gasteiger partial charge in [0, 0.05) is 28.0 Å². The van der Waals surface area contributed by atoms with Crippen molar-refractivity contribution in [2.75, 3.05) is 6.54 Å². The van der Waals surface area contributed by atoms with Gasteiger partial charge in [0.15, 0.2) is 0 Å². The minimum atomic E-state index is -0.752. The number of thioether (sulfide) groups is 1. The van der Waals surface area contributed by atoms with Crippen molar-refractivity contribution >= 4 is 17.7 Å². The van der Waals surface area contributed by atoms with Crippen LogP contribution in [0.1, 0.15) is 39.4 Å². The predicted molar refractivity (Wildman–Crippen MR) is 111 cm³/mol. The number of nitrogens with zero attached hydrogens (tertiary/aromatic N) is 1. The Bertz CT molecular complexity index is 826. The zero-order chi connectivity index (χ0) is 19.7. The summed E-state index contributed by atoms with van der Waals surface area (Å²) in [4.78, 5) is 16.2. The molecule has 2 aromatic rings. The Hall–Kier alpha value is -2.04. The van der Waals surface area contributed by atoms with Crippen molar-refractivity contribution in [1.82, 2.24) is 4.90 Å². The van der Waals surface area contributed by atoms with E-state index in [1.54, 1.807) is 0 Å². The quantitative estimate of drug-likeness (QED) is 0.595. The van der Waals surface area contributed by atoms with E-state index < -0.39 is 11.5 Å². The molecule has 0 spiro atoms. The van der Waals surface area contributed by atoms with Crippen molar-refractivity contribution in [2.24, 2.45) is 5.41 Å². The Morgan fingerprint density at radius 1 is 1.07 bits per heavy atom. The lowest BCUT2D eigenvalue weighted by Crippen LogP contribution is -2.43. The number of benzene rings is 2. The van der Waals surface area contributed by atoms with Crippen LogP contribution in [0.5, 0.6) is 0 Å². The largest absolute Gasteiger partial charge is 0.387 e. The highest BCUT2D eigenvalue weighted by atomic mass is 32.2. The van der Waals surface area contributed by atoms with Crippen molar-refractivity contribution in [1.29, 1.82) is 0 Å². The van der Waals surface area contributed by atoms with E-state index in [0.717, 1.165) is 10.5 Å². The highest BCUT2D eigenvalue weighted by Crippen LogP contribution is 2.48. The number of aliphatic hydroxyl groups excluding tert-OH is 1. The number of carbonyl (C=O) groups is 1. The zero-order valence-corrected chi connectivity index (χ0v) is 17.2. The molecule has 0 aliphatic carbocycles. The van der Waals surface area contributed by atoms with Crippen LogP contribution in [-0.4, -0.2) is 28.0 Å². The normalized spacial score (nSPS) is 23.1. The molecule has 1 saturated heterocycles. The second kappa shape index (κ2) is 7.53. The van der Waals surface area contributed by atoms with Crippen LogP contribution in [0.15, 0.2) is 76.5 Å². The van der Waals surface area contributed by atoms with Crippen molar-refractivity contribution in [3.8, 4) is 0 Å². The van der Waals surface area contributed by atoms with Crippen LogP contribution in [0, 0.1) is 5.41 Å². The summed E-state index contributed by atoms with van der Waals surface area (Å²) in [6.07, 6.45) is -0.752. The smallest absolute Gasteiger partial charge is 0.251 e. The fourth-order valence-corrected chi connectivity index (χ4v) is 4.40. The van der Waals surface area contributed by atoms with Gasteiger partial charge in [-0.1, -0.05) is 67.2 Å². The SMILES string of the molecule is CC1(C(O)c2ccccc2)CN(C(C)(C)C)C(=O)/C1=C\Sc1ccccc1. The fraction of sp³-hybridized carbons (Fsp3) is 0.348. The second-order valence-electron chi connectivity index (χ2n) is 8.26. The van der Waals surface area contributed by atoms with Crippen molar-refractivity contribution in [2.45, 2.75) is 44.2 Å². The molecule has 1 aliphatic rings. The van der Waals surface area contributed by atoms with Gasteiger partial charge in [-0.3, -0.25) is 4.79 Å². The number of hydrogen-bond donors (Lipinski definition) is 1. The maximum absolute atomic E-state index is 13.3. The first kappa shape index (κ1) is 19.7. The third-order valence-corrected chi connectivity index (χ3v) is 6.06. The van der Waals surface area contributed by atoms with E-state index in [1.807, 2.05) is 98.7 Å². The highest BCUT2D eigenvalue weighted by Gasteiger charge is 2.52. The molecule has 3 nitrogen and oxygen atoms in total. The molecule has 1 heterocycles. The van der Waals surface area contributed by atoms with Gasteiger partial charge < -0.3 is 10.0 Å².